The first-order chi connectivity index (χ1) is 13.7. The topological polar surface area (TPSA) is 106 Å². The highest BCUT2D eigenvalue weighted by Crippen LogP contribution is 2.68. The first kappa shape index (κ1) is 18.6. The van der Waals surface area contributed by atoms with Crippen molar-refractivity contribution in [2.45, 2.75) is 49.5 Å². The van der Waals surface area contributed by atoms with Gasteiger partial charge in [-0.05, 0) is 51.1 Å². The van der Waals surface area contributed by atoms with Gasteiger partial charge < -0.3 is 24.4 Å². The molecule has 1 saturated heterocycles. The molecule has 2 bridgehead atoms. The molecule has 1 fully saturated rings. The number of ketones is 1. The third kappa shape index (κ3) is 1.90. The van der Waals surface area contributed by atoms with Crippen LogP contribution in [0.25, 0.3) is 0 Å². The number of benzene rings is 1. The fraction of sp³-hybridized carbons (Fsp3) is 0.524. The number of aliphatic hydroxyl groups is 1. The number of ether oxygens (including phenoxy) is 2. The van der Waals surface area contributed by atoms with Gasteiger partial charge in [0.25, 0.3) is 11.4 Å². The largest absolute Gasteiger partial charge is 0.452 e. The highest BCUT2D eigenvalue weighted by molar-refractivity contribution is 5.92. The van der Waals surface area contributed by atoms with Crippen molar-refractivity contribution in [1.29, 1.82) is 0 Å². The zero-order chi connectivity index (χ0) is 20.8. The Balaban J connectivity index is 1.87. The van der Waals surface area contributed by atoms with Crippen LogP contribution in [-0.4, -0.2) is 58.0 Å². The molecule has 0 radical (unpaired) electrons. The molecule has 4 aliphatic rings. The fourth-order valence-corrected chi connectivity index (χ4v) is 6.14. The van der Waals surface area contributed by atoms with E-state index >= 15 is 0 Å². The summed E-state index contributed by atoms with van der Waals surface area (Å²) in [6.45, 7) is 3.13. The van der Waals surface area contributed by atoms with Gasteiger partial charge in [0.1, 0.15) is 0 Å². The van der Waals surface area contributed by atoms with Gasteiger partial charge in [-0.1, -0.05) is 12.1 Å². The molecule has 2 heterocycles. The number of rotatable bonds is 3. The van der Waals surface area contributed by atoms with E-state index in [1.165, 1.54) is 19.9 Å². The van der Waals surface area contributed by atoms with Gasteiger partial charge in [0, 0.05) is 24.4 Å². The van der Waals surface area contributed by atoms with Crippen LogP contribution in [0.4, 0.5) is 0 Å². The van der Waals surface area contributed by atoms with Crippen molar-refractivity contribution >= 4 is 11.8 Å². The van der Waals surface area contributed by atoms with E-state index in [0.29, 0.717) is 13.0 Å². The summed E-state index contributed by atoms with van der Waals surface area (Å²) in [4.78, 5) is 31.6. The van der Waals surface area contributed by atoms with Crippen LogP contribution in [0.1, 0.15) is 31.4 Å². The van der Waals surface area contributed by atoms with Gasteiger partial charge in [-0.15, -0.1) is 0 Å². The third-order valence-electron chi connectivity index (χ3n) is 7.31. The standard InChI is InChI=1S/C21H23NO7/c1-11(23)20(27-12(2)24)7-6-14-15-10-13-4-5-16(29-26)18-17(13)19(14,8-9-22(15)3)21(20,25)28-18/h4-7,14-15,25-26H,8-10H2,1-3H3/t14-,15+,19-,20+,21+/m0/s1. The van der Waals surface area contributed by atoms with E-state index in [9.17, 15) is 20.0 Å². The van der Waals surface area contributed by atoms with Gasteiger partial charge in [0.05, 0.1) is 5.41 Å². The molecule has 1 spiro atoms. The lowest BCUT2D eigenvalue weighted by molar-refractivity contribution is -0.284. The molecular formula is C21H23NO7. The Labute approximate surface area is 167 Å². The highest BCUT2D eigenvalue weighted by Gasteiger charge is 2.79. The summed E-state index contributed by atoms with van der Waals surface area (Å²) >= 11 is 0. The molecular weight excluding hydrogens is 378 g/mol. The average Bonchev–Trinajstić information content (AvgIpc) is 2.94. The molecule has 1 aromatic rings. The van der Waals surface area contributed by atoms with Crippen LogP contribution in [-0.2, 0) is 26.2 Å². The van der Waals surface area contributed by atoms with E-state index in [0.717, 1.165) is 17.5 Å². The minimum atomic E-state index is -2.16. The number of likely N-dealkylation sites (N-methyl/N-ethyl adjacent to an activating group) is 1. The van der Waals surface area contributed by atoms with E-state index in [4.69, 9.17) is 9.47 Å². The Morgan fingerprint density at radius 3 is 2.72 bits per heavy atom. The maximum atomic E-state index is 12.9. The average molecular weight is 401 g/mol. The van der Waals surface area contributed by atoms with Crippen LogP contribution in [0.15, 0.2) is 24.3 Å². The van der Waals surface area contributed by atoms with E-state index in [-0.39, 0.29) is 23.5 Å². The summed E-state index contributed by atoms with van der Waals surface area (Å²) in [5.41, 5.74) is -1.34. The molecule has 0 unspecified atom stereocenters. The highest BCUT2D eigenvalue weighted by atomic mass is 17.1. The van der Waals surface area contributed by atoms with Crippen molar-refractivity contribution in [1.82, 2.24) is 4.90 Å². The predicted molar refractivity (Wildman–Crippen MR) is 99.5 cm³/mol. The zero-order valence-electron chi connectivity index (χ0n) is 16.5. The second kappa shape index (κ2) is 5.59. The summed E-state index contributed by atoms with van der Waals surface area (Å²) in [6, 6.07) is 3.51. The number of piperidine rings is 1. The molecule has 0 saturated carbocycles. The van der Waals surface area contributed by atoms with Gasteiger partial charge >= 0.3 is 5.97 Å². The maximum absolute atomic E-state index is 12.9. The molecule has 8 heteroatoms. The number of likely N-dealkylation sites (tertiary alicyclic amines) is 1. The molecule has 2 aliphatic heterocycles. The monoisotopic (exact) mass is 401 g/mol. The van der Waals surface area contributed by atoms with Crippen molar-refractivity contribution in [3.63, 3.8) is 0 Å². The summed E-state index contributed by atoms with van der Waals surface area (Å²) in [6.07, 6.45) is 4.56. The molecule has 29 heavy (non-hydrogen) atoms. The van der Waals surface area contributed by atoms with Crippen molar-refractivity contribution in [3.8, 4) is 11.5 Å². The van der Waals surface area contributed by atoms with Gasteiger partial charge in [-0.3, -0.25) is 9.59 Å². The lowest BCUT2D eigenvalue weighted by atomic mass is 9.49. The van der Waals surface area contributed by atoms with Crippen molar-refractivity contribution in [3.05, 3.63) is 35.4 Å². The number of hydrogen-bond donors (Lipinski definition) is 2. The summed E-state index contributed by atoms with van der Waals surface area (Å²) < 4.78 is 11.6. The van der Waals surface area contributed by atoms with E-state index in [1.807, 2.05) is 19.2 Å². The Kier molecular flexibility index (Phi) is 3.59. The molecule has 0 aromatic heterocycles. The predicted octanol–water partition coefficient (Wildman–Crippen LogP) is 1.19. The second-order valence-corrected chi connectivity index (χ2v) is 8.51. The van der Waals surface area contributed by atoms with Crippen LogP contribution in [0.2, 0.25) is 0 Å². The fourth-order valence-electron chi connectivity index (χ4n) is 6.14. The zero-order valence-corrected chi connectivity index (χ0v) is 16.5. The first-order valence-corrected chi connectivity index (χ1v) is 9.71. The van der Waals surface area contributed by atoms with Crippen molar-refractivity contribution in [2.75, 3.05) is 13.6 Å². The maximum Gasteiger partial charge on any atom is 0.304 e. The molecule has 2 aliphatic carbocycles. The van der Waals surface area contributed by atoms with Gasteiger partial charge in [0.2, 0.25) is 5.75 Å². The van der Waals surface area contributed by atoms with Gasteiger partial charge in [-0.25, -0.2) is 5.26 Å². The summed E-state index contributed by atoms with van der Waals surface area (Å²) in [5.74, 6) is -3.33. The second-order valence-electron chi connectivity index (χ2n) is 8.51. The minimum absolute atomic E-state index is 0.0531. The number of hydrogen-bond acceptors (Lipinski definition) is 8. The molecule has 2 N–H and O–H groups in total. The number of carbonyl (C=O) groups is 2. The molecule has 154 valence electrons. The van der Waals surface area contributed by atoms with Gasteiger partial charge in [-0.2, -0.15) is 0 Å². The number of nitrogens with zero attached hydrogens (tertiary/aromatic N) is 1. The van der Waals surface area contributed by atoms with Crippen LogP contribution in [0, 0.1) is 5.92 Å². The van der Waals surface area contributed by atoms with Crippen LogP contribution < -0.4 is 9.62 Å². The van der Waals surface area contributed by atoms with Crippen LogP contribution in [0.5, 0.6) is 11.5 Å². The van der Waals surface area contributed by atoms with Crippen LogP contribution >= 0.6 is 0 Å². The number of esters is 1. The Morgan fingerprint density at radius 1 is 1.31 bits per heavy atom. The van der Waals surface area contributed by atoms with E-state index in [2.05, 4.69) is 9.79 Å². The first-order valence-electron chi connectivity index (χ1n) is 9.71. The SMILES string of the molecule is CC(=O)O[C@@]1(C(C)=O)C=C[C@H]2[C@H]3Cc4ccc(OO)c5c4[C@@]2(CCN3C)[C@@]1(O)O5. The molecule has 5 rings (SSSR count). The molecule has 8 nitrogen and oxygen atoms in total. The Hall–Kier alpha value is -2.42. The van der Waals surface area contributed by atoms with Crippen LogP contribution in [0.3, 0.4) is 0 Å². The smallest absolute Gasteiger partial charge is 0.304 e. The number of Topliss-reactive ketones (excluding diaryl/α,β-unsaturated/α-hetero) is 1. The van der Waals surface area contributed by atoms with Crippen molar-refractivity contribution in [2.24, 2.45) is 5.92 Å². The quantitative estimate of drug-likeness (QED) is 0.337. The van der Waals surface area contributed by atoms with Crippen molar-refractivity contribution < 1.29 is 34.3 Å². The normalized spacial score (nSPS) is 38.8. The Morgan fingerprint density at radius 2 is 2.07 bits per heavy atom. The Bertz CT molecular complexity index is 974. The third-order valence-corrected chi connectivity index (χ3v) is 7.31. The molecule has 5 atom stereocenters. The lowest BCUT2D eigenvalue weighted by Crippen LogP contribution is -2.77. The summed E-state index contributed by atoms with van der Waals surface area (Å²) in [5, 5.41) is 21.6. The van der Waals surface area contributed by atoms with E-state index < -0.39 is 28.6 Å². The summed E-state index contributed by atoms with van der Waals surface area (Å²) in [7, 11) is 2.04. The molecule has 1 aromatic carbocycles. The van der Waals surface area contributed by atoms with E-state index in [1.54, 1.807) is 6.07 Å². The van der Waals surface area contributed by atoms with Gasteiger partial charge in [0.15, 0.2) is 11.5 Å². The number of carbonyl (C=O) groups excluding carboxylic acids is 2. The molecule has 0 amide bonds. The minimum Gasteiger partial charge on any atom is -0.452 e. The lowest BCUT2D eigenvalue weighted by Gasteiger charge is -2.61.